The summed E-state index contributed by atoms with van der Waals surface area (Å²) < 4.78 is 0. The van der Waals surface area contributed by atoms with Crippen molar-refractivity contribution in [2.24, 2.45) is 11.8 Å². The lowest BCUT2D eigenvalue weighted by atomic mass is 9.92. The Hall–Kier alpha value is -1.77. The van der Waals surface area contributed by atoms with Crippen LogP contribution in [0.2, 0.25) is 0 Å². The molecule has 6 nitrogen and oxygen atoms in total. The van der Waals surface area contributed by atoms with Gasteiger partial charge in [0.15, 0.2) is 0 Å². The fraction of sp³-hybridized carbons (Fsp3) is 0.591. The van der Waals surface area contributed by atoms with Gasteiger partial charge in [0, 0.05) is 39.3 Å². The van der Waals surface area contributed by atoms with E-state index in [1.807, 2.05) is 34.2 Å². The summed E-state index contributed by atoms with van der Waals surface area (Å²) in [5, 5.41) is 2.94. The van der Waals surface area contributed by atoms with Crippen molar-refractivity contribution in [2.75, 3.05) is 45.8 Å². The normalized spacial score (nSPS) is 23.0. The molecule has 0 aliphatic carbocycles. The smallest absolute Gasteiger partial charge is 0.265 e. The maximum absolute atomic E-state index is 13.1. The van der Waals surface area contributed by atoms with Crippen molar-refractivity contribution in [3.05, 3.63) is 28.1 Å². The summed E-state index contributed by atoms with van der Waals surface area (Å²) in [6, 6.07) is 4.04. The number of carbonyl (C=O) groups excluding carboxylic acids is 2. The molecule has 0 N–H and O–H groups in total. The summed E-state index contributed by atoms with van der Waals surface area (Å²) in [5.74, 6) is 1.45. The highest BCUT2D eigenvalue weighted by Gasteiger charge is 2.29. The van der Waals surface area contributed by atoms with E-state index in [1.54, 1.807) is 11.3 Å². The number of aromatic nitrogens is 1. The Morgan fingerprint density at radius 3 is 2.43 bits per heavy atom. The molecular weight excluding hydrogens is 416 g/mol. The second-order valence-electron chi connectivity index (χ2n) is 8.72. The standard InChI is InChI=1S/C22H30N4O2S2/c1-15-11-16(2)13-26(12-15)19(27)14-24-6-8-25(9-7-24)22(28)20-17(3)23-21(30-20)18-5-4-10-29-18/h4-5,10,15-16H,6-9,11-14H2,1-3H3. The van der Waals surface area contributed by atoms with Gasteiger partial charge in [-0.05, 0) is 36.6 Å². The first-order valence-corrected chi connectivity index (χ1v) is 12.4. The van der Waals surface area contributed by atoms with Crippen molar-refractivity contribution in [2.45, 2.75) is 27.2 Å². The van der Waals surface area contributed by atoms with Gasteiger partial charge in [-0.3, -0.25) is 14.5 Å². The molecule has 2 aromatic heterocycles. The number of thiazole rings is 1. The van der Waals surface area contributed by atoms with Gasteiger partial charge in [0.25, 0.3) is 5.91 Å². The molecule has 162 valence electrons. The van der Waals surface area contributed by atoms with E-state index in [-0.39, 0.29) is 11.8 Å². The number of thiophene rings is 1. The van der Waals surface area contributed by atoms with Crippen molar-refractivity contribution in [3.63, 3.8) is 0 Å². The molecule has 2 unspecified atom stereocenters. The number of piperidine rings is 1. The average molecular weight is 447 g/mol. The lowest BCUT2D eigenvalue weighted by Crippen LogP contribution is -2.53. The van der Waals surface area contributed by atoms with E-state index < -0.39 is 0 Å². The van der Waals surface area contributed by atoms with Crippen LogP contribution in [0.3, 0.4) is 0 Å². The zero-order valence-electron chi connectivity index (χ0n) is 18.0. The number of hydrogen-bond acceptors (Lipinski definition) is 6. The molecular formula is C22H30N4O2S2. The number of rotatable bonds is 4. The highest BCUT2D eigenvalue weighted by atomic mass is 32.1. The van der Waals surface area contributed by atoms with E-state index >= 15 is 0 Å². The first-order chi connectivity index (χ1) is 14.4. The molecule has 4 rings (SSSR count). The average Bonchev–Trinajstić information content (AvgIpc) is 3.37. The molecule has 0 aromatic carbocycles. The second-order valence-corrected chi connectivity index (χ2v) is 10.7. The van der Waals surface area contributed by atoms with Crippen molar-refractivity contribution in [1.29, 1.82) is 0 Å². The summed E-state index contributed by atoms with van der Waals surface area (Å²) in [6.45, 7) is 11.4. The minimum Gasteiger partial charge on any atom is -0.341 e. The van der Waals surface area contributed by atoms with Crippen LogP contribution in [0, 0.1) is 18.8 Å². The van der Waals surface area contributed by atoms with Crippen molar-refractivity contribution < 1.29 is 9.59 Å². The van der Waals surface area contributed by atoms with Crippen LogP contribution in [0.4, 0.5) is 0 Å². The summed E-state index contributed by atoms with van der Waals surface area (Å²) in [6.07, 6.45) is 1.20. The van der Waals surface area contributed by atoms with Gasteiger partial charge in [-0.1, -0.05) is 19.9 Å². The van der Waals surface area contributed by atoms with Crippen LogP contribution in [-0.4, -0.2) is 77.3 Å². The highest BCUT2D eigenvalue weighted by molar-refractivity contribution is 7.22. The van der Waals surface area contributed by atoms with Crippen LogP contribution < -0.4 is 0 Å². The molecule has 4 heterocycles. The largest absolute Gasteiger partial charge is 0.341 e. The van der Waals surface area contributed by atoms with E-state index in [2.05, 4.69) is 23.7 Å². The number of nitrogens with zero attached hydrogens (tertiary/aromatic N) is 4. The molecule has 0 radical (unpaired) electrons. The molecule has 2 fully saturated rings. The minimum absolute atomic E-state index is 0.0671. The van der Waals surface area contributed by atoms with Gasteiger partial charge in [0.05, 0.1) is 17.1 Å². The third kappa shape index (κ3) is 4.76. The maximum atomic E-state index is 13.1. The summed E-state index contributed by atoms with van der Waals surface area (Å²) in [7, 11) is 0. The van der Waals surface area contributed by atoms with Crippen molar-refractivity contribution in [1.82, 2.24) is 19.7 Å². The number of likely N-dealkylation sites (tertiary alicyclic amines) is 1. The maximum Gasteiger partial charge on any atom is 0.265 e. The van der Waals surface area contributed by atoms with Gasteiger partial charge in [-0.25, -0.2) is 4.98 Å². The Balaban J connectivity index is 1.31. The number of carbonyl (C=O) groups is 2. The Bertz CT molecular complexity index is 877. The van der Waals surface area contributed by atoms with E-state index in [0.717, 1.165) is 46.6 Å². The van der Waals surface area contributed by atoms with Gasteiger partial charge < -0.3 is 9.80 Å². The van der Waals surface area contributed by atoms with E-state index in [0.29, 0.717) is 31.5 Å². The molecule has 8 heteroatoms. The molecule has 0 spiro atoms. The Kier molecular flexibility index (Phi) is 6.55. The van der Waals surface area contributed by atoms with Crippen molar-refractivity contribution >= 4 is 34.5 Å². The summed E-state index contributed by atoms with van der Waals surface area (Å²) >= 11 is 3.13. The zero-order chi connectivity index (χ0) is 21.3. The molecule has 2 aliphatic heterocycles. The number of hydrogen-bond donors (Lipinski definition) is 0. The quantitative estimate of drug-likeness (QED) is 0.722. The van der Waals surface area contributed by atoms with Gasteiger partial charge in [-0.2, -0.15) is 0 Å². The molecule has 0 bridgehead atoms. The molecule has 2 aliphatic rings. The van der Waals surface area contributed by atoms with Crippen LogP contribution in [0.15, 0.2) is 17.5 Å². The Morgan fingerprint density at radius 1 is 1.10 bits per heavy atom. The molecule has 2 saturated heterocycles. The second kappa shape index (κ2) is 9.16. The lowest BCUT2D eigenvalue weighted by Gasteiger charge is -2.38. The fourth-order valence-corrected chi connectivity index (χ4v) is 6.34. The number of piperazine rings is 1. The van der Waals surface area contributed by atoms with Crippen LogP contribution in [0.5, 0.6) is 0 Å². The molecule has 2 amide bonds. The van der Waals surface area contributed by atoms with Crippen LogP contribution >= 0.6 is 22.7 Å². The Labute approximate surface area is 186 Å². The zero-order valence-corrected chi connectivity index (χ0v) is 19.6. The van der Waals surface area contributed by atoms with E-state index in [9.17, 15) is 9.59 Å². The van der Waals surface area contributed by atoms with Crippen LogP contribution in [0.25, 0.3) is 9.88 Å². The van der Waals surface area contributed by atoms with Gasteiger partial charge in [0.1, 0.15) is 9.88 Å². The van der Waals surface area contributed by atoms with E-state index in [4.69, 9.17) is 0 Å². The number of aryl methyl sites for hydroxylation is 1. The number of amides is 2. The molecule has 2 atom stereocenters. The predicted molar refractivity (Wildman–Crippen MR) is 122 cm³/mol. The molecule has 2 aromatic rings. The van der Waals surface area contributed by atoms with Gasteiger partial charge >= 0.3 is 0 Å². The lowest BCUT2D eigenvalue weighted by molar-refractivity contribution is -0.135. The SMILES string of the molecule is Cc1nc(-c2cccs2)sc1C(=O)N1CCN(CC(=O)N2CC(C)CC(C)C2)CC1. The monoisotopic (exact) mass is 446 g/mol. The summed E-state index contributed by atoms with van der Waals surface area (Å²) in [4.78, 5) is 38.4. The van der Waals surface area contributed by atoms with Gasteiger partial charge in [-0.15, -0.1) is 22.7 Å². The first-order valence-electron chi connectivity index (χ1n) is 10.7. The third-order valence-electron chi connectivity index (χ3n) is 5.96. The van der Waals surface area contributed by atoms with E-state index in [1.165, 1.54) is 17.8 Å². The third-order valence-corrected chi connectivity index (χ3v) is 8.15. The first kappa shape index (κ1) is 21.5. The van der Waals surface area contributed by atoms with Crippen LogP contribution in [0.1, 0.15) is 35.6 Å². The predicted octanol–water partition coefficient (Wildman–Crippen LogP) is 3.44. The highest BCUT2D eigenvalue weighted by Crippen LogP contribution is 2.32. The molecule has 30 heavy (non-hydrogen) atoms. The molecule has 0 saturated carbocycles. The van der Waals surface area contributed by atoms with Gasteiger partial charge in [0.2, 0.25) is 5.91 Å². The van der Waals surface area contributed by atoms with Crippen LogP contribution in [-0.2, 0) is 4.79 Å². The fourth-order valence-electron chi connectivity index (χ4n) is 4.51. The minimum atomic E-state index is 0.0671. The summed E-state index contributed by atoms with van der Waals surface area (Å²) in [5.41, 5.74) is 0.805. The topological polar surface area (TPSA) is 56.8 Å². The van der Waals surface area contributed by atoms with Crippen molar-refractivity contribution in [3.8, 4) is 9.88 Å². The Morgan fingerprint density at radius 2 is 1.80 bits per heavy atom.